The van der Waals surface area contributed by atoms with Crippen LogP contribution in [0.1, 0.15) is 10.5 Å². The first-order valence-electron chi connectivity index (χ1n) is 5.87. The number of carbonyl (C=O) groups is 1. The van der Waals surface area contributed by atoms with Gasteiger partial charge in [-0.3, -0.25) is 0 Å². The van der Waals surface area contributed by atoms with Crippen molar-refractivity contribution < 1.29 is 23.8 Å². The van der Waals surface area contributed by atoms with Crippen LogP contribution in [0.3, 0.4) is 0 Å². The minimum absolute atomic E-state index is 0.0590. The number of carboxylic acid groups (broad SMARTS) is 1. The number of halogens is 2. The SMILES string of the molecule is COc1cc(-c2nc(N)c(OC)c(C(=O)O)n2)c(F)cc1Cl. The third kappa shape index (κ3) is 2.73. The molecule has 1 aromatic carbocycles. The molecule has 0 bridgehead atoms. The van der Waals surface area contributed by atoms with Crippen molar-refractivity contribution in [2.24, 2.45) is 0 Å². The zero-order valence-electron chi connectivity index (χ0n) is 11.6. The molecule has 0 aliphatic rings. The standard InChI is InChI=1S/C13H11ClFN3O4/c1-21-8-3-5(7(15)4-6(8)14)12-17-9(13(19)20)10(22-2)11(16)18-12/h3-4H,1-2H3,(H,19,20)(H2,16,17,18). The maximum absolute atomic E-state index is 14.1. The molecule has 0 radical (unpaired) electrons. The number of rotatable bonds is 4. The maximum atomic E-state index is 14.1. The van der Waals surface area contributed by atoms with E-state index in [1.165, 1.54) is 20.3 Å². The number of anilines is 1. The van der Waals surface area contributed by atoms with Gasteiger partial charge in [0.1, 0.15) is 11.6 Å². The normalized spacial score (nSPS) is 10.4. The van der Waals surface area contributed by atoms with Gasteiger partial charge in [0, 0.05) is 0 Å². The fourth-order valence-electron chi connectivity index (χ4n) is 1.79. The molecule has 0 spiro atoms. The van der Waals surface area contributed by atoms with E-state index < -0.39 is 17.5 Å². The highest BCUT2D eigenvalue weighted by molar-refractivity contribution is 6.32. The Kier molecular flexibility index (Phi) is 4.32. The van der Waals surface area contributed by atoms with Crippen molar-refractivity contribution >= 4 is 23.4 Å². The van der Waals surface area contributed by atoms with Crippen molar-refractivity contribution in [1.29, 1.82) is 0 Å². The summed E-state index contributed by atoms with van der Waals surface area (Å²) in [6.45, 7) is 0. The van der Waals surface area contributed by atoms with Crippen LogP contribution in [-0.4, -0.2) is 35.3 Å². The Hall–Kier alpha value is -2.61. The summed E-state index contributed by atoms with van der Waals surface area (Å²) in [5.41, 5.74) is 5.07. The third-order valence-electron chi connectivity index (χ3n) is 2.78. The quantitative estimate of drug-likeness (QED) is 0.886. The molecule has 9 heteroatoms. The first-order chi connectivity index (χ1) is 10.4. The highest BCUT2D eigenvalue weighted by Crippen LogP contribution is 2.33. The Morgan fingerprint density at radius 1 is 1.32 bits per heavy atom. The highest BCUT2D eigenvalue weighted by atomic mass is 35.5. The molecule has 3 N–H and O–H groups in total. The molecule has 1 heterocycles. The van der Waals surface area contributed by atoms with Gasteiger partial charge in [-0.25, -0.2) is 19.2 Å². The number of ether oxygens (including phenoxy) is 2. The first-order valence-corrected chi connectivity index (χ1v) is 6.25. The fourth-order valence-corrected chi connectivity index (χ4v) is 2.02. The molecular formula is C13H11ClFN3O4. The number of methoxy groups -OCH3 is 2. The smallest absolute Gasteiger partial charge is 0.358 e. The lowest BCUT2D eigenvalue weighted by Crippen LogP contribution is -2.10. The van der Waals surface area contributed by atoms with Crippen LogP contribution < -0.4 is 15.2 Å². The van der Waals surface area contributed by atoms with Gasteiger partial charge >= 0.3 is 5.97 Å². The van der Waals surface area contributed by atoms with E-state index in [2.05, 4.69) is 9.97 Å². The molecule has 1 aromatic heterocycles. The number of hydrogen-bond acceptors (Lipinski definition) is 6. The number of aromatic carboxylic acids is 1. The number of nitrogen functional groups attached to an aromatic ring is 1. The second-order valence-electron chi connectivity index (χ2n) is 4.09. The second-order valence-corrected chi connectivity index (χ2v) is 4.49. The number of hydrogen-bond donors (Lipinski definition) is 2. The van der Waals surface area contributed by atoms with Gasteiger partial charge in [0.2, 0.25) is 0 Å². The summed E-state index contributed by atoms with van der Waals surface area (Å²) in [5.74, 6) is -2.58. The molecule has 0 saturated heterocycles. The zero-order chi connectivity index (χ0) is 16.4. The third-order valence-corrected chi connectivity index (χ3v) is 3.08. The van der Waals surface area contributed by atoms with Gasteiger partial charge in [0.25, 0.3) is 0 Å². The summed E-state index contributed by atoms with van der Waals surface area (Å²) in [4.78, 5) is 18.9. The van der Waals surface area contributed by atoms with E-state index in [1.54, 1.807) is 0 Å². The van der Waals surface area contributed by atoms with E-state index in [9.17, 15) is 9.18 Å². The van der Waals surface area contributed by atoms with Crippen LogP contribution in [-0.2, 0) is 0 Å². The van der Waals surface area contributed by atoms with Crippen molar-refractivity contribution in [2.75, 3.05) is 20.0 Å². The van der Waals surface area contributed by atoms with Gasteiger partial charge in [-0.1, -0.05) is 11.6 Å². The predicted molar refractivity (Wildman–Crippen MR) is 76.9 cm³/mol. The molecule has 0 atom stereocenters. The van der Waals surface area contributed by atoms with Gasteiger partial charge in [0.05, 0.1) is 24.8 Å². The van der Waals surface area contributed by atoms with Crippen LogP contribution in [0.2, 0.25) is 5.02 Å². The lowest BCUT2D eigenvalue weighted by molar-refractivity contribution is 0.0686. The van der Waals surface area contributed by atoms with E-state index in [4.69, 9.17) is 31.9 Å². The number of nitrogens with zero attached hydrogens (tertiary/aromatic N) is 2. The molecule has 0 saturated carbocycles. The number of aromatic nitrogens is 2. The summed E-state index contributed by atoms with van der Waals surface area (Å²) in [6.07, 6.45) is 0. The molecule has 0 aliphatic carbocycles. The van der Waals surface area contributed by atoms with Crippen molar-refractivity contribution in [2.45, 2.75) is 0 Å². The molecule has 22 heavy (non-hydrogen) atoms. The van der Waals surface area contributed by atoms with Crippen LogP contribution in [0.15, 0.2) is 12.1 Å². The van der Waals surface area contributed by atoms with Crippen molar-refractivity contribution in [3.8, 4) is 22.9 Å². The van der Waals surface area contributed by atoms with Crippen LogP contribution in [0.5, 0.6) is 11.5 Å². The predicted octanol–water partition coefficient (Wildman–Crippen LogP) is 2.23. The van der Waals surface area contributed by atoms with E-state index in [-0.39, 0.29) is 33.7 Å². The summed E-state index contributed by atoms with van der Waals surface area (Å²) in [7, 11) is 2.59. The summed E-state index contributed by atoms with van der Waals surface area (Å²) in [6, 6.07) is 2.27. The molecule has 0 fully saturated rings. The minimum atomic E-state index is -1.38. The zero-order valence-corrected chi connectivity index (χ0v) is 12.3. The van der Waals surface area contributed by atoms with Crippen LogP contribution in [0.25, 0.3) is 11.4 Å². The second kappa shape index (κ2) is 6.02. The average molecular weight is 328 g/mol. The maximum Gasteiger partial charge on any atom is 0.358 e. The van der Waals surface area contributed by atoms with E-state index in [0.717, 1.165) is 6.07 Å². The van der Waals surface area contributed by atoms with E-state index >= 15 is 0 Å². The summed E-state index contributed by atoms with van der Waals surface area (Å²) in [5, 5.41) is 9.20. The highest BCUT2D eigenvalue weighted by Gasteiger charge is 2.22. The van der Waals surface area contributed by atoms with Gasteiger partial charge in [-0.05, 0) is 12.1 Å². The molecular weight excluding hydrogens is 317 g/mol. The molecule has 2 rings (SSSR count). The Morgan fingerprint density at radius 2 is 2.00 bits per heavy atom. The monoisotopic (exact) mass is 327 g/mol. The first kappa shape index (κ1) is 15.8. The molecule has 7 nitrogen and oxygen atoms in total. The minimum Gasteiger partial charge on any atom is -0.495 e. The number of benzene rings is 1. The molecule has 116 valence electrons. The van der Waals surface area contributed by atoms with Crippen molar-refractivity contribution in [3.63, 3.8) is 0 Å². The van der Waals surface area contributed by atoms with Gasteiger partial charge in [-0.2, -0.15) is 0 Å². The van der Waals surface area contributed by atoms with Gasteiger partial charge in [-0.15, -0.1) is 0 Å². The summed E-state index contributed by atoms with van der Waals surface area (Å²) < 4.78 is 23.9. The van der Waals surface area contributed by atoms with E-state index in [0.29, 0.717) is 0 Å². The lowest BCUT2D eigenvalue weighted by Gasteiger charge is -2.11. The van der Waals surface area contributed by atoms with Crippen LogP contribution in [0.4, 0.5) is 10.2 Å². The molecule has 0 amide bonds. The topological polar surface area (TPSA) is 108 Å². The average Bonchev–Trinajstić information content (AvgIpc) is 2.46. The molecule has 0 aliphatic heterocycles. The van der Waals surface area contributed by atoms with Gasteiger partial charge < -0.3 is 20.3 Å². The number of nitrogens with two attached hydrogens (primary N) is 1. The Bertz CT molecular complexity index is 755. The largest absolute Gasteiger partial charge is 0.495 e. The molecule has 2 aromatic rings. The Morgan fingerprint density at radius 3 is 2.55 bits per heavy atom. The van der Waals surface area contributed by atoms with Crippen molar-refractivity contribution in [3.05, 3.63) is 28.7 Å². The molecule has 0 unspecified atom stereocenters. The summed E-state index contributed by atoms with van der Waals surface area (Å²) >= 11 is 5.81. The van der Waals surface area contributed by atoms with Crippen LogP contribution >= 0.6 is 11.6 Å². The van der Waals surface area contributed by atoms with Crippen molar-refractivity contribution in [1.82, 2.24) is 9.97 Å². The number of carboxylic acids is 1. The Balaban J connectivity index is 2.70. The lowest BCUT2D eigenvalue weighted by atomic mass is 10.1. The Labute approximate surface area is 129 Å². The van der Waals surface area contributed by atoms with Gasteiger partial charge in [0.15, 0.2) is 23.1 Å². The van der Waals surface area contributed by atoms with E-state index in [1.807, 2.05) is 0 Å². The fraction of sp³-hybridized carbons (Fsp3) is 0.154. The van der Waals surface area contributed by atoms with Crippen LogP contribution in [0, 0.1) is 5.82 Å².